The van der Waals surface area contributed by atoms with Crippen LogP contribution in [0.5, 0.6) is 0 Å². The number of carboxylic acid groups (broad SMARTS) is 1. The number of halogens is 3. The molecule has 2 atom stereocenters. The fraction of sp³-hybridized carbons (Fsp3) is 0.417. The highest BCUT2D eigenvalue weighted by Gasteiger charge is 2.46. The molecule has 0 fully saturated rings. The second-order valence-electron chi connectivity index (χ2n) is 3.66. The lowest BCUT2D eigenvalue weighted by molar-refractivity contribution is -0.254. The van der Waals surface area contributed by atoms with E-state index < -0.39 is 29.9 Å². The van der Waals surface area contributed by atoms with Crippen LogP contribution in [0.15, 0.2) is 30.3 Å². The lowest BCUT2D eigenvalue weighted by atomic mass is 10.1. The molecule has 0 saturated carbocycles. The summed E-state index contributed by atoms with van der Waals surface area (Å²) in [5, 5.41) is 8.73. The number of hydrogen-bond donors (Lipinski definition) is 1. The van der Waals surface area contributed by atoms with Gasteiger partial charge in [-0.25, -0.2) is 18.0 Å². The Morgan fingerprint density at radius 1 is 1.39 bits per heavy atom. The Hall–Kier alpha value is -1.56. The monoisotopic (exact) mass is 262 g/mol. The number of alkyl halides is 3. The number of hydrogen-bond acceptors (Lipinski definition) is 2. The van der Waals surface area contributed by atoms with E-state index in [2.05, 4.69) is 4.74 Å². The Morgan fingerprint density at radius 2 is 1.94 bits per heavy atom. The van der Waals surface area contributed by atoms with E-state index >= 15 is 0 Å². The van der Waals surface area contributed by atoms with Crippen LogP contribution in [0.2, 0.25) is 0 Å². The minimum absolute atomic E-state index is 0.111. The largest absolute Gasteiger partial charge is 0.479 e. The average Bonchev–Trinajstić information content (AvgIpc) is 2.36. The van der Waals surface area contributed by atoms with Crippen molar-refractivity contribution in [1.29, 1.82) is 0 Å². The number of benzene rings is 1. The van der Waals surface area contributed by atoms with Gasteiger partial charge in [0.1, 0.15) is 0 Å². The predicted molar refractivity (Wildman–Crippen MR) is 58.0 cm³/mol. The number of ether oxygens (including phenoxy) is 1. The van der Waals surface area contributed by atoms with E-state index in [1.807, 2.05) is 0 Å². The fourth-order valence-corrected chi connectivity index (χ4v) is 1.43. The molecule has 100 valence electrons. The van der Waals surface area contributed by atoms with E-state index in [9.17, 15) is 18.0 Å². The van der Waals surface area contributed by atoms with Crippen molar-refractivity contribution in [2.24, 2.45) is 0 Å². The van der Waals surface area contributed by atoms with Gasteiger partial charge >= 0.3 is 12.4 Å². The molecular formula is C12H13F3O3. The summed E-state index contributed by atoms with van der Waals surface area (Å²) in [5.74, 6) is -4.89. The van der Waals surface area contributed by atoms with Crippen LogP contribution in [0.4, 0.5) is 13.2 Å². The van der Waals surface area contributed by atoms with Crippen molar-refractivity contribution in [2.75, 3.05) is 0 Å². The first-order valence-corrected chi connectivity index (χ1v) is 5.35. The van der Waals surface area contributed by atoms with Crippen LogP contribution < -0.4 is 0 Å². The van der Waals surface area contributed by atoms with Gasteiger partial charge in [0, 0.05) is 5.56 Å². The Bertz CT molecular complexity index is 397. The molecule has 0 aliphatic carbocycles. The molecule has 18 heavy (non-hydrogen) atoms. The van der Waals surface area contributed by atoms with Crippen molar-refractivity contribution in [3.63, 3.8) is 0 Å². The van der Waals surface area contributed by atoms with Crippen LogP contribution in [0.3, 0.4) is 0 Å². The molecule has 0 heterocycles. The smallest absolute Gasteiger partial charge is 0.332 e. The average molecular weight is 262 g/mol. The van der Waals surface area contributed by atoms with E-state index in [-0.39, 0.29) is 6.42 Å². The highest BCUT2D eigenvalue weighted by molar-refractivity contribution is 5.72. The Labute approximate surface area is 102 Å². The molecule has 0 aliphatic heterocycles. The van der Waals surface area contributed by atoms with E-state index in [0.717, 1.165) is 12.1 Å². The van der Waals surface area contributed by atoms with E-state index in [0.29, 0.717) is 0 Å². The van der Waals surface area contributed by atoms with E-state index in [1.54, 1.807) is 0 Å². The van der Waals surface area contributed by atoms with Gasteiger partial charge in [-0.15, -0.1) is 0 Å². The van der Waals surface area contributed by atoms with Crippen molar-refractivity contribution in [2.45, 2.75) is 31.7 Å². The van der Waals surface area contributed by atoms with Gasteiger partial charge in [0.15, 0.2) is 6.10 Å². The fourth-order valence-electron chi connectivity index (χ4n) is 1.43. The van der Waals surface area contributed by atoms with Gasteiger partial charge in [0.05, 0.1) is 0 Å². The Morgan fingerprint density at radius 3 is 2.33 bits per heavy atom. The van der Waals surface area contributed by atoms with Crippen LogP contribution in [0.25, 0.3) is 0 Å². The molecule has 0 aromatic heterocycles. The van der Waals surface area contributed by atoms with Gasteiger partial charge in [-0.1, -0.05) is 37.3 Å². The molecule has 3 nitrogen and oxygen atoms in total. The minimum Gasteiger partial charge on any atom is -0.479 e. The van der Waals surface area contributed by atoms with Gasteiger partial charge in [0.2, 0.25) is 0 Å². The third-order valence-electron chi connectivity index (χ3n) is 2.41. The van der Waals surface area contributed by atoms with Gasteiger partial charge in [0.25, 0.3) is 5.85 Å². The highest BCUT2D eigenvalue weighted by atomic mass is 19.3. The van der Waals surface area contributed by atoms with E-state index in [4.69, 9.17) is 5.11 Å². The van der Waals surface area contributed by atoms with E-state index in [1.165, 1.54) is 25.1 Å². The Balaban J connectivity index is 3.05. The molecule has 1 rings (SSSR count). The van der Waals surface area contributed by atoms with Crippen LogP contribution in [-0.2, 0) is 15.4 Å². The Kier molecular flexibility index (Phi) is 4.72. The molecule has 1 aromatic carbocycles. The van der Waals surface area contributed by atoms with Crippen molar-refractivity contribution in [3.8, 4) is 0 Å². The van der Waals surface area contributed by atoms with Crippen molar-refractivity contribution in [3.05, 3.63) is 35.9 Å². The maximum absolute atomic E-state index is 14.2. The maximum atomic E-state index is 14.2. The molecular weight excluding hydrogens is 249 g/mol. The molecule has 1 unspecified atom stereocenters. The highest BCUT2D eigenvalue weighted by Crippen LogP contribution is 2.35. The molecule has 0 spiro atoms. The first kappa shape index (κ1) is 14.5. The SMILES string of the molecule is CCC(O[C@](F)(c1ccccc1)C(F)F)C(=O)O. The third kappa shape index (κ3) is 3.01. The third-order valence-corrected chi connectivity index (χ3v) is 2.41. The van der Waals surface area contributed by atoms with Gasteiger partial charge in [-0.2, -0.15) is 0 Å². The number of rotatable bonds is 6. The summed E-state index contributed by atoms with van der Waals surface area (Å²) in [5.41, 5.74) is -0.403. The quantitative estimate of drug-likeness (QED) is 0.857. The first-order chi connectivity index (χ1) is 8.41. The van der Waals surface area contributed by atoms with Crippen LogP contribution >= 0.6 is 0 Å². The van der Waals surface area contributed by atoms with Crippen molar-refractivity contribution >= 4 is 5.97 Å². The van der Waals surface area contributed by atoms with Crippen molar-refractivity contribution < 1.29 is 27.8 Å². The first-order valence-electron chi connectivity index (χ1n) is 5.35. The van der Waals surface area contributed by atoms with Crippen LogP contribution in [-0.4, -0.2) is 23.6 Å². The zero-order chi connectivity index (χ0) is 13.8. The molecule has 0 saturated heterocycles. The number of aliphatic carboxylic acids is 1. The van der Waals surface area contributed by atoms with Gasteiger partial charge in [-0.3, -0.25) is 0 Å². The van der Waals surface area contributed by atoms with Crippen molar-refractivity contribution in [1.82, 2.24) is 0 Å². The number of carbonyl (C=O) groups is 1. The summed E-state index contributed by atoms with van der Waals surface area (Å²) >= 11 is 0. The molecule has 0 aliphatic rings. The summed E-state index contributed by atoms with van der Waals surface area (Å²) in [4.78, 5) is 10.7. The molecule has 1 aromatic rings. The molecule has 0 bridgehead atoms. The lowest BCUT2D eigenvalue weighted by Gasteiger charge is -2.28. The summed E-state index contributed by atoms with van der Waals surface area (Å²) in [6.07, 6.45) is -5.21. The second kappa shape index (κ2) is 5.86. The topological polar surface area (TPSA) is 46.5 Å². The summed E-state index contributed by atoms with van der Waals surface area (Å²) in [6, 6.07) is 6.53. The number of carboxylic acids is 1. The zero-order valence-electron chi connectivity index (χ0n) is 9.65. The summed E-state index contributed by atoms with van der Waals surface area (Å²) in [7, 11) is 0. The standard InChI is InChI=1S/C12H13F3O3/c1-2-9(10(16)17)18-12(15,11(13)14)8-6-4-3-5-7-8/h3-7,9,11H,2H2,1H3,(H,16,17)/t9?,12-/m1/s1. The molecule has 0 amide bonds. The van der Waals surface area contributed by atoms with Crippen LogP contribution in [0, 0.1) is 0 Å². The predicted octanol–water partition coefficient (Wildman–Crippen LogP) is 2.95. The second-order valence-corrected chi connectivity index (χ2v) is 3.66. The van der Waals surface area contributed by atoms with Gasteiger partial charge in [-0.05, 0) is 6.42 Å². The summed E-state index contributed by atoms with van der Waals surface area (Å²) in [6.45, 7) is 1.41. The van der Waals surface area contributed by atoms with Crippen LogP contribution in [0.1, 0.15) is 18.9 Å². The maximum Gasteiger partial charge on any atom is 0.332 e. The molecule has 6 heteroatoms. The van der Waals surface area contributed by atoms with Gasteiger partial charge < -0.3 is 9.84 Å². The summed E-state index contributed by atoms with van der Waals surface area (Å²) < 4.78 is 44.4. The normalized spacial score (nSPS) is 16.3. The molecule has 0 radical (unpaired) electrons. The lowest BCUT2D eigenvalue weighted by Crippen LogP contribution is -2.39. The molecule has 1 N–H and O–H groups in total. The minimum atomic E-state index is -3.48. The zero-order valence-corrected chi connectivity index (χ0v) is 9.65.